The molecule has 7 nitrogen and oxygen atoms in total. The predicted octanol–water partition coefficient (Wildman–Crippen LogP) is 2.35. The van der Waals surface area contributed by atoms with E-state index in [0.29, 0.717) is 32.3 Å². The molecule has 0 radical (unpaired) electrons. The molecule has 0 saturated carbocycles. The third kappa shape index (κ3) is 3.74. The third-order valence-electron chi connectivity index (χ3n) is 4.70. The van der Waals surface area contributed by atoms with Crippen LogP contribution in [0.2, 0.25) is 0 Å². The number of ether oxygens (including phenoxy) is 2. The second kappa shape index (κ2) is 7.16. The minimum absolute atomic E-state index is 0.154. The van der Waals surface area contributed by atoms with Gasteiger partial charge in [0.1, 0.15) is 0 Å². The van der Waals surface area contributed by atoms with Gasteiger partial charge in [0.2, 0.25) is 5.95 Å². The van der Waals surface area contributed by atoms with Gasteiger partial charge in [0.15, 0.2) is 17.4 Å². The smallest absolute Gasteiger partial charge is 0.258 e. The lowest BCUT2D eigenvalue weighted by molar-refractivity contribution is -0.169. The molecule has 0 atom stereocenters. The lowest BCUT2D eigenvalue weighted by Crippen LogP contribution is -2.45. The van der Waals surface area contributed by atoms with Crippen molar-refractivity contribution in [2.45, 2.75) is 18.6 Å². The summed E-state index contributed by atoms with van der Waals surface area (Å²) in [6, 6.07) is 3.15. The van der Waals surface area contributed by atoms with Crippen LogP contribution in [0, 0.1) is 11.6 Å². The second-order valence-electron chi connectivity index (χ2n) is 6.45. The first-order valence-corrected chi connectivity index (χ1v) is 8.66. The monoisotopic (exact) mass is 376 g/mol. The summed E-state index contributed by atoms with van der Waals surface area (Å²) in [5.74, 6) is -2.46. The highest BCUT2D eigenvalue weighted by Gasteiger charge is 2.40. The number of carbonyl (C=O) groups excluding carboxylic acids is 1. The lowest BCUT2D eigenvalue weighted by Gasteiger charge is -2.37. The van der Waals surface area contributed by atoms with Crippen LogP contribution in [0.15, 0.2) is 30.6 Å². The van der Waals surface area contributed by atoms with Crippen molar-refractivity contribution in [3.8, 4) is 0 Å². The first-order chi connectivity index (χ1) is 13.0. The van der Waals surface area contributed by atoms with Gasteiger partial charge in [-0.2, -0.15) is 0 Å². The summed E-state index contributed by atoms with van der Waals surface area (Å²) in [4.78, 5) is 22.7. The third-order valence-corrected chi connectivity index (χ3v) is 4.70. The van der Waals surface area contributed by atoms with Crippen LogP contribution in [0.4, 0.5) is 20.4 Å². The molecule has 0 aliphatic carbocycles. The number of hydrogen-bond donors (Lipinski definition) is 1. The SMILES string of the molecule is O=C(Nc1ccc(F)c(F)c1)c1cnc(N2CCC3(CC2)OCCO3)nc1. The molecule has 1 aromatic heterocycles. The molecule has 4 rings (SSSR count). The summed E-state index contributed by atoms with van der Waals surface area (Å²) < 4.78 is 37.6. The molecular formula is C18H18F2N4O3. The number of carbonyl (C=O) groups is 1. The zero-order valence-electron chi connectivity index (χ0n) is 14.5. The molecule has 2 aliphatic heterocycles. The molecule has 27 heavy (non-hydrogen) atoms. The van der Waals surface area contributed by atoms with Crippen LogP contribution < -0.4 is 10.2 Å². The van der Waals surface area contributed by atoms with Gasteiger partial charge in [-0.05, 0) is 12.1 Å². The van der Waals surface area contributed by atoms with Crippen LogP contribution in [0.1, 0.15) is 23.2 Å². The Bertz CT molecular complexity index is 831. The number of hydrogen-bond acceptors (Lipinski definition) is 6. The fourth-order valence-electron chi connectivity index (χ4n) is 3.21. The van der Waals surface area contributed by atoms with Gasteiger partial charge < -0.3 is 19.7 Å². The minimum atomic E-state index is -1.03. The summed E-state index contributed by atoms with van der Waals surface area (Å²) in [6.45, 7) is 2.64. The Morgan fingerprint density at radius 1 is 1.07 bits per heavy atom. The molecule has 1 aromatic carbocycles. The molecule has 2 aromatic rings. The van der Waals surface area contributed by atoms with Gasteiger partial charge in [-0.3, -0.25) is 4.79 Å². The molecule has 0 unspecified atom stereocenters. The Kier molecular flexibility index (Phi) is 4.71. The van der Waals surface area contributed by atoms with E-state index in [4.69, 9.17) is 9.47 Å². The number of piperidine rings is 1. The summed E-state index contributed by atoms with van der Waals surface area (Å²) >= 11 is 0. The zero-order valence-corrected chi connectivity index (χ0v) is 14.5. The largest absolute Gasteiger partial charge is 0.347 e. The van der Waals surface area contributed by atoms with Gasteiger partial charge in [-0.1, -0.05) is 0 Å². The Hall–Kier alpha value is -2.65. The maximum absolute atomic E-state index is 13.2. The van der Waals surface area contributed by atoms with Gasteiger partial charge in [0.25, 0.3) is 5.91 Å². The molecular weight excluding hydrogens is 358 g/mol. The molecule has 1 spiro atoms. The Labute approximate surface area is 154 Å². The van der Waals surface area contributed by atoms with Crippen molar-refractivity contribution in [2.75, 3.05) is 36.5 Å². The molecule has 2 aliphatic rings. The number of anilines is 2. The molecule has 142 valence electrons. The van der Waals surface area contributed by atoms with E-state index in [1.165, 1.54) is 18.5 Å². The van der Waals surface area contributed by atoms with Crippen LogP contribution >= 0.6 is 0 Å². The van der Waals surface area contributed by atoms with Crippen molar-refractivity contribution < 1.29 is 23.0 Å². The Morgan fingerprint density at radius 3 is 2.37 bits per heavy atom. The van der Waals surface area contributed by atoms with Crippen LogP contribution in [0.5, 0.6) is 0 Å². The summed E-state index contributed by atoms with van der Waals surface area (Å²) in [6.07, 6.45) is 4.28. The van der Waals surface area contributed by atoms with Crippen molar-refractivity contribution in [3.63, 3.8) is 0 Å². The van der Waals surface area contributed by atoms with E-state index in [1.807, 2.05) is 4.90 Å². The fraction of sp³-hybridized carbons (Fsp3) is 0.389. The number of amides is 1. The summed E-state index contributed by atoms with van der Waals surface area (Å²) in [7, 11) is 0. The number of benzene rings is 1. The maximum atomic E-state index is 13.2. The van der Waals surface area contributed by atoms with Crippen molar-refractivity contribution in [3.05, 3.63) is 47.8 Å². The Balaban J connectivity index is 1.38. The molecule has 3 heterocycles. The normalized spacial score (nSPS) is 18.7. The average Bonchev–Trinajstić information content (AvgIpc) is 3.13. The van der Waals surface area contributed by atoms with Crippen LogP contribution in [0.3, 0.4) is 0 Å². The van der Waals surface area contributed by atoms with Crippen molar-refractivity contribution in [1.82, 2.24) is 9.97 Å². The topological polar surface area (TPSA) is 76.6 Å². The van der Waals surface area contributed by atoms with E-state index in [2.05, 4.69) is 15.3 Å². The number of aromatic nitrogens is 2. The number of halogens is 2. The van der Waals surface area contributed by atoms with Gasteiger partial charge in [0, 0.05) is 50.1 Å². The molecule has 0 bridgehead atoms. The van der Waals surface area contributed by atoms with Crippen molar-refractivity contribution in [2.24, 2.45) is 0 Å². The summed E-state index contributed by atoms with van der Waals surface area (Å²) in [5.41, 5.74) is 0.375. The van der Waals surface area contributed by atoms with Gasteiger partial charge in [0.05, 0.1) is 18.8 Å². The molecule has 9 heteroatoms. The zero-order chi connectivity index (χ0) is 18.9. The molecule has 2 saturated heterocycles. The summed E-state index contributed by atoms with van der Waals surface area (Å²) in [5, 5.41) is 2.49. The van der Waals surface area contributed by atoms with E-state index in [9.17, 15) is 13.6 Å². The van der Waals surface area contributed by atoms with Crippen LogP contribution in [-0.4, -0.2) is 48.0 Å². The molecule has 2 fully saturated rings. The van der Waals surface area contributed by atoms with E-state index in [-0.39, 0.29) is 11.3 Å². The second-order valence-corrected chi connectivity index (χ2v) is 6.45. The maximum Gasteiger partial charge on any atom is 0.258 e. The Morgan fingerprint density at radius 2 is 1.74 bits per heavy atom. The van der Waals surface area contributed by atoms with Crippen LogP contribution in [-0.2, 0) is 9.47 Å². The number of nitrogens with zero attached hydrogens (tertiary/aromatic N) is 3. The first kappa shape index (κ1) is 17.7. The van der Waals surface area contributed by atoms with E-state index < -0.39 is 23.3 Å². The van der Waals surface area contributed by atoms with Gasteiger partial charge >= 0.3 is 0 Å². The highest BCUT2D eigenvalue weighted by atomic mass is 19.2. The van der Waals surface area contributed by atoms with Gasteiger partial charge in [-0.15, -0.1) is 0 Å². The fourth-order valence-corrected chi connectivity index (χ4v) is 3.21. The number of nitrogens with one attached hydrogen (secondary N) is 1. The predicted molar refractivity (Wildman–Crippen MR) is 92.4 cm³/mol. The van der Waals surface area contributed by atoms with Crippen molar-refractivity contribution in [1.29, 1.82) is 0 Å². The van der Waals surface area contributed by atoms with E-state index in [0.717, 1.165) is 25.0 Å². The van der Waals surface area contributed by atoms with E-state index in [1.54, 1.807) is 0 Å². The first-order valence-electron chi connectivity index (χ1n) is 8.66. The average molecular weight is 376 g/mol. The highest BCUT2D eigenvalue weighted by Crippen LogP contribution is 2.32. The highest BCUT2D eigenvalue weighted by molar-refractivity contribution is 6.03. The standard InChI is InChI=1S/C18H18F2N4O3/c19-14-2-1-13(9-15(14)20)23-16(25)12-10-21-17(22-11-12)24-5-3-18(4-6-24)26-7-8-27-18/h1-2,9-11H,3-8H2,(H,23,25). The minimum Gasteiger partial charge on any atom is -0.347 e. The number of rotatable bonds is 3. The van der Waals surface area contributed by atoms with Gasteiger partial charge in [-0.25, -0.2) is 18.7 Å². The van der Waals surface area contributed by atoms with Crippen LogP contribution in [0.25, 0.3) is 0 Å². The lowest BCUT2D eigenvalue weighted by atomic mass is 10.0. The molecule has 1 N–H and O–H groups in total. The molecule has 1 amide bonds. The van der Waals surface area contributed by atoms with Crippen molar-refractivity contribution >= 4 is 17.5 Å². The quantitative estimate of drug-likeness (QED) is 0.886. The van der Waals surface area contributed by atoms with E-state index >= 15 is 0 Å².